The number of aromatic nitrogens is 3. The summed E-state index contributed by atoms with van der Waals surface area (Å²) in [5.41, 5.74) is 5.12. The van der Waals surface area contributed by atoms with Gasteiger partial charge in [-0.05, 0) is 6.07 Å². The molecular weight excluding hydrogens is 244 g/mol. The van der Waals surface area contributed by atoms with Crippen molar-refractivity contribution in [1.29, 1.82) is 0 Å². The Morgan fingerprint density at radius 1 is 1.39 bits per heavy atom. The molecule has 6 nitrogen and oxygen atoms in total. The Bertz CT molecular complexity index is 610. The molecular formula is C10H9F2N5O. The van der Waals surface area contributed by atoms with Crippen LogP contribution in [0.4, 0.5) is 20.4 Å². The molecule has 1 aromatic heterocycles. The number of nitrogens with one attached hydrogen (secondary N) is 1. The number of anilines is 2. The summed E-state index contributed by atoms with van der Waals surface area (Å²) in [5.74, 6) is -2.78. The molecule has 0 fully saturated rings. The van der Waals surface area contributed by atoms with Crippen LogP contribution >= 0.6 is 0 Å². The summed E-state index contributed by atoms with van der Waals surface area (Å²) < 4.78 is 27.2. The van der Waals surface area contributed by atoms with Crippen LogP contribution in [-0.2, 0) is 7.05 Å². The number of rotatable bonds is 2. The molecule has 8 heteroatoms. The van der Waals surface area contributed by atoms with Gasteiger partial charge in [-0.3, -0.25) is 10.1 Å². The number of hydrogen-bond donors (Lipinski definition) is 2. The Morgan fingerprint density at radius 3 is 2.67 bits per heavy atom. The Balaban J connectivity index is 2.30. The quantitative estimate of drug-likeness (QED) is 0.779. The fraction of sp³-hybridized carbons (Fsp3) is 0.100. The first kappa shape index (κ1) is 12.0. The third-order valence-corrected chi connectivity index (χ3v) is 2.27. The van der Waals surface area contributed by atoms with E-state index in [2.05, 4.69) is 15.4 Å². The van der Waals surface area contributed by atoms with Crippen LogP contribution < -0.4 is 11.1 Å². The average Bonchev–Trinajstić information content (AvgIpc) is 2.69. The van der Waals surface area contributed by atoms with Crippen molar-refractivity contribution < 1.29 is 13.6 Å². The first-order valence-electron chi connectivity index (χ1n) is 4.89. The van der Waals surface area contributed by atoms with Gasteiger partial charge in [0, 0.05) is 18.8 Å². The second kappa shape index (κ2) is 4.40. The molecule has 0 radical (unpaired) electrons. The van der Waals surface area contributed by atoms with E-state index in [4.69, 9.17) is 5.73 Å². The van der Waals surface area contributed by atoms with E-state index in [9.17, 15) is 13.6 Å². The molecule has 2 rings (SSSR count). The van der Waals surface area contributed by atoms with Crippen molar-refractivity contribution in [1.82, 2.24) is 14.8 Å². The van der Waals surface area contributed by atoms with Crippen LogP contribution in [0.2, 0.25) is 0 Å². The SMILES string of the molecule is Cn1ncnc1NC(=O)c1cc(F)c(F)cc1N. The van der Waals surface area contributed by atoms with Gasteiger partial charge in [0.05, 0.1) is 5.56 Å². The van der Waals surface area contributed by atoms with E-state index in [0.29, 0.717) is 0 Å². The highest BCUT2D eigenvalue weighted by Crippen LogP contribution is 2.18. The molecule has 94 valence electrons. The van der Waals surface area contributed by atoms with E-state index < -0.39 is 17.5 Å². The predicted octanol–water partition coefficient (Wildman–Crippen LogP) is 0.928. The van der Waals surface area contributed by atoms with E-state index in [0.717, 1.165) is 12.1 Å². The van der Waals surface area contributed by atoms with Gasteiger partial charge in [-0.15, -0.1) is 0 Å². The first-order chi connectivity index (χ1) is 8.49. The molecule has 0 aliphatic heterocycles. The van der Waals surface area contributed by atoms with Gasteiger partial charge in [0.15, 0.2) is 11.6 Å². The number of benzene rings is 1. The summed E-state index contributed by atoms with van der Waals surface area (Å²) in [7, 11) is 1.57. The zero-order chi connectivity index (χ0) is 13.3. The second-order valence-corrected chi connectivity index (χ2v) is 3.51. The third kappa shape index (κ3) is 2.12. The maximum Gasteiger partial charge on any atom is 0.260 e. The van der Waals surface area contributed by atoms with E-state index in [1.807, 2.05) is 0 Å². The van der Waals surface area contributed by atoms with E-state index in [1.165, 1.54) is 11.0 Å². The molecule has 0 spiro atoms. The lowest BCUT2D eigenvalue weighted by Crippen LogP contribution is -2.17. The molecule has 0 bridgehead atoms. The maximum atomic E-state index is 13.0. The van der Waals surface area contributed by atoms with Crippen LogP contribution in [0.5, 0.6) is 0 Å². The molecule has 1 heterocycles. The van der Waals surface area contributed by atoms with Gasteiger partial charge in [-0.2, -0.15) is 10.1 Å². The number of carbonyl (C=O) groups is 1. The van der Waals surface area contributed by atoms with E-state index in [1.54, 1.807) is 7.05 Å². The smallest absolute Gasteiger partial charge is 0.260 e. The number of nitrogen functional groups attached to an aromatic ring is 1. The Kier molecular flexibility index (Phi) is 2.92. The van der Waals surface area contributed by atoms with E-state index in [-0.39, 0.29) is 17.2 Å². The second-order valence-electron chi connectivity index (χ2n) is 3.51. The minimum atomic E-state index is -1.15. The molecule has 0 saturated heterocycles. The normalized spacial score (nSPS) is 10.4. The zero-order valence-corrected chi connectivity index (χ0v) is 9.32. The minimum absolute atomic E-state index is 0.159. The summed E-state index contributed by atoms with van der Waals surface area (Å²) in [6.07, 6.45) is 1.24. The first-order valence-corrected chi connectivity index (χ1v) is 4.89. The molecule has 1 amide bonds. The Morgan fingerprint density at radius 2 is 2.06 bits per heavy atom. The summed E-state index contributed by atoms with van der Waals surface area (Å²) in [5, 5.41) is 6.12. The number of aryl methyl sites for hydroxylation is 1. The molecule has 0 saturated carbocycles. The van der Waals surface area contributed by atoms with Gasteiger partial charge in [0.25, 0.3) is 5.91 Å². The predicted molar refractivity (Wildman–Crippen MR) is 59.7 cm³/mol. The van der Waals surface area contributed by atoms with Crippen molar-refractivity contribution in [3.8, 4) is 0 Å². The molecule has 1 aromatic carbocycles. The highest BCUT2D eigenvalue weighted by molar-refractivity contribution is 6.06. The number of amides is 1. The minimum Gasteiger partial charge on any atom is -0.398 e. The molecule has 0 atom stereocenters. The fourth-order valence-electron chi connectivity index (χ4n) is 1.34. The van der Waals surface area contributed by atoms with Crippen molar-refractivity contribution in [3.05, 3.63) is 35.7 Å². The summed E-state index contributed by atoms with van der Waals surface area (Å²) in [6, 6.07) is 1.48. The standard InChI is InChI=1S/C10H9F2N5O/c1-17-10(14-4-15-17)16-9(18)5-2-6(11)7(12)3-8(5)13/h2-4H,13H2,1H3,(H,14,15,16,18). The summed E-state index contributed by atoms with van der Waals surface area (Å²) in [6.45, 7) is 0. The fourth-order valence-corrected chi connectivity index (χ4v) is 1.34. The van der Waals surface area contributed by atoms with Crippen molar-refractivity contribution in [2.45, 2.75) is 0 Å². The van der Waals surface area contributed by atoms with Gasteiger partial charge in [-0.25, -0.2) is 13.5 Å². The molecule has 0 unspecified atom stereocenters. The summed E-state index contributed by atoms with van der Waals surface area (Å²) in [4.78, 5) is 15.5. The third-order valence-electron chi connectivity index (χ3n) is 2.27. The lowest BCUT2D eigenvalue weighted by atomic mass is 10.1. The molecule has 0 aliphatic carbocycles. The van der Waals surface area contributed by atoms with Crippen molar-refractivity contribution in [3.63, 3.8) is 0 Å². The number of halogens is 2. The van der Waals surface area contributed by atoms with Gasteiger partial charge < -0.3 is 5.73 Å². The van der Waals surface area contributed by atoms with Crippen molar-refractivity contribution in [2.24, 2.45) is 7.05 Å². The van der Waals surface area contributed by atoms with Gasteiger partial charge in [0.1, 0.15) is 6.33 Å². The molecule has 0 aliphatic rings. The van der Waals surface area contributed by atoms with Crippen LogP contribution in [0, 0.1) is 11.6 Å². The number of hydrogen-bond acceptors (Lipinski definition) is 4. The van der Waals surface area contributed by atoms with Crippen LogP contribution in [0.3, 0.4) is 0 Å². The highest BCUT2D eigenvalue weighted by Gasteiger charge is 2.15. The number of carbonyl (C=O) groups excluding carboxylic acids is 1. The van der Waals surface area contributed by atoms with Gasteiger partial charge in [-0.1, -0.05) is 0 Å². The molecule has 2 aromatic rings. The topological polar surface area (TPSA) is 85.8 Å². The van der Waals surface area contributed by atoms with Crippen LogP contribution in [0.25, 0.3) is 0 Å². The Hall–Kier alpha value is -2.51. The lowest BCUT2D eigenvalue weighted by Gasteiger charge is -2.07. The lowest BCUT2D eigenvalue weighted by molar-refractivity contribution is 0.102. The van der Waals surface area contributed by atoms with Gasteiger partial charge >= 0.3 is 0 Å². The maximum absolute atomic E-state index is 13.0. The van der Waals surface area contributed by atoms with Gasteiger partial charge in [0.2, 0.25) is 5.95 Å². The number of nitrogens with zero attached hydrogens (tertiary/aromatic N) is 3. The van der Waals surface area contributed by atoms with Crippen LogP contribution in [0.15, 0.2) is 18.5 Å². The largest absolute Gasteiger partial charge is 0.398 e. The van der Waals surface area contributed by atoms with Crippen LogP contribution in [0.1, 0.15) is 10.4 Å². The molecule has 3 N–H and O–H groups in total. The molecule has 18 heavy (non-hydrogen) atoms. The monoisotopic (exact) mass is 253 g/mol. The van der Waals surface area contributed by atoms with Crippen molar-refractivity contribution >= 4 is 17.5 Å². The van der Waals surface area contributed by atoms with Crippen LogP contribution in [-0.4, -0.2) is 20.7 Å². The summed E-state index contributed by atoms with van der Waals surface area (Å²) >= 11 is 0. The van der Waals surface area contributed by atoms with Crippen molar-refractivity contribution in [2.75, 3.05) is 11.1 Å². The van der Waals surface area contributed by atoms with E-state index >= 15 is 0 Å². The number of nitrogens with two attached hydrogens (primary N) is 1. The average molecular weight is 253 g/mol. The highest BCUT2D eigenvalue weighted by atomic mass is 19.2. The zero-order valence-electron chi connectivity index (χ0n) is 9.32. The Labute approximate surface area is 100 Å².